The molecule has 0 bridgehead atoms. The van der Waals surface area contributed by atoms with Gasteiger partial charge in [-0.25, -0.2) is 5.43 Å². The second-order valence-corrected chi connectivity index (χ2v) is 9.20. The Morgan fingerprint density at radius 1 is 0.973 bits per heavy atom. The molecule has 0 saturated carbocycles. The third-order valence-electron chi connectivity index (χ3n) is 5.49. The quantitative estimate of drug-likeness (QED) is 0.127. The number of unbranched alkanes of at least 4 members (excludes halogenated alkanes) is 3. The molecule has 8 heteroatoms. The molecule has 0 radical (unpaired) electrons. The molecule has 0 spiro atoms. The summed E-state index contributed by atoms with van der Waals surface area (Å²) in [6.07, 6.45) is 10.8. The van der Waals surface area contributed by atoms with E-state index in [4.69, 9.17) is 14.2 Å². The van der Waals surface area contributed by atoms with Gasteiger partial charge in [0.1, 0.15) is 19.0 Å². The third-order valence-corrected chi connectivity index (χ3v) is 6.08. The van der Waals surface area contributed by atoms with E-state index < -0.39 is 0 Å². The molecule has 0 saturated heterocycles. The Morgan fingerprint density at radius 3 is 2.46 bits per heavy atom. The predicted octanol–water partition coefficient (Wildman–Crippen LogP) is 6.59. The number of rotatable bonds is 15. The zero-order chi connectivity index (χ0) is 26.3. The van der Waals surface area contributed by atoms with Crippen molar-refractivity contribution in [3.8, 4) is 17.2 Å². The van der Waals surface area contributed by atoms with E-state index in [9.17, 15) is 4.79 Å². The lowest BCUT2D eigenvalue weighted by atomic mass is 10.1. The highest BCUT2D eigenvalue weighted by molar-refractivity contribution is 9.10. The maximum absolute atomic E-state index is 12.1. The number of nitrogens with one attached hydrogen (secondary N) is 1. The Morgan fingerprint density at radius 2 is 1.73 bits per heavy atom. The first-order chi connectivity index (χ1) is 18.1. The van der Waals surface area contributed by atoms with Gasteiger partial charge >= 0.3 is 0 Å². The molecular formula is C29H34BrN3O4. The number of aryl methyl sites for hydroxylation is 1. The SMILES string of the molecule is CCCCCCc1ccc(OCCOc2c(Br)cc(/C=N\NC(=O)c3ccncc3)cc2OCC)cc1. The summed E-state index contributed by atoms with van der Waals surface area (Å²) in [5, 5.41) is 4.05. The van der Waals surface area contributed by atoms with Crippen molar-refractivity contribution in [2.45, 2.75) is 46.0 Å². The lowest BCUT2D eigenvalue weighted by Crippen LogP contribution is -2.17. The van der Waals surface area contributed by atoms with E-state index in [-0.39, 0.29) is 5.91 Å². The van der Waals surface area contributed by atoms with Crippen LogP contribution in [0.5, 0.6) is 17.2 Å². The minimum atomic E-state index is -0.315. The third kappa shape index (κ3) is 9.53. The number of carbonyl (C=O) groups is 1. The zero-order valence-corrected chi connectivity index (χ0v) is 23.0. The lowest BCUT2D eigenvalue weighted by molar-refractivity contribution is 0.0955. The second-order valence-electron chi connectivity index (χ2n) is 8.35. The fourth-order valence-corrected chi connectivity index (χ4v) is 4.18. The first-order valence-corrected chi connectivity index (χ1v) is 13.4. The van der Waals surface area contributed by atoms with E-state index in [1.165, 1.54) is 31.2 Å². The van der Waals surface area contributed by atoms with Gasteiger partial charge in [-0.1, -0.05) is 38.3 Å². The number of halogens is 1. The van der Waals surface area contributed by atoms with Crippen molar-refractivity contribution in [1.82, 2.24) is 10.4 Å². The van der Waals surface area contributed by atoms with Gasteiger partial charge in [0.05, 0.1) is 17.3 Å². The van der Waals surface area contributed by atoms with Crippen LogP contribution in [-0.4, -0.2) is 36.9 Å². The van der Waals surface area contributed by atoms with Crippen LogP contribution in [0.3, 0.4) is 0 Å². The van der Waals surface area contributed by atoms with E-state index >= 15 is 0 Å². The Bertz CT molecular complexity index is 1140. The van der Waals surface area contributed by atoms with Gasteiger partial charge in [0.25, 0.3) is 5.91 Å². The molecule has 196 valence electrons. The summed E-state index contributed by atoms with van der Waals surface area (Å²) in [6.45, 7) is 5.37. The first kappa shape index (κ1) is 28.2. The van der Waals surface area contributed by atoms with Gasteiger partial charge in [0.15, 0.2) is 11.5 Å². The second kappa shape index (κ2) is 15.7. The van der Waals surface area contributed by atoms with Crippen LogP contribution < -0.4 is 19.6 Å². The molecule has 0 unspecified atom stereocenters. The average molecular weight is 569 g/mol. The summed E-state index contributed by atoms with van der Waals surface area (Å²) >= 11 is 3.56. The zero-order valence-electron chi connectivity index (χ0n) is 21.4. The molecule has 37 heavy (non-hydrogen) atoms. The molecule has 0 fully saturated rings. The van der Waals surface area contributed by atoms with Crippen molar-refractivity contribution in [3.05, 3.63) is 82.1 Å². The predicted molar refractivity (Wildman–Crippen MR) is 150 cm³/mol. The van der Waals surface area contributed by atoms with Crippen LogP contribution in [-0.2, 0) is 6.42 Å². The van der Waals surface area contributed by atoms with Crippen LogP contribution in [0.15, 0.2) is 70.5 Å². The minimum Gasteiger partial charge on any atom is -0.490 e. The summed E-state index contributed by atoms with van der Waals surface area (Å²) < 4.78 is 18.3. The van der Waals surface area contributed by atoms with Gasteiger partial charge in [0, 0.05) is 18.0 Å². The molecule has 0 aliphatic carbocycles. The summed E-state index contributed by atoms with van der Waals surface area (Å²) in [5.41, 5.74) is 5.06. The van der Waals surface area contributed by atoms with Crippen molar-refractivity contribution < 1.29 is 19.0 Å². The average Bonchev–Trinajstić information content (AvgIpc) is 2.91. The topological polar surface area (TPSA) is 82.0 Å². The largest absolute Gasteiger partial charge is 0.490 e. The highest BCUT2D eigenvalue weighted by Gasteiger charge is 2.12. The Labute approximate surface area is 227 Å². The maximum atomic E-state index is 12.1. The number of amides is 1. The van der Waals surface area contributed by atoms with Crippen molar-refractivity contribution in [2.75, 3.05) is 19.8 Å². The minimum absolute atomic E-state index is 0.315. The van der Waals surface area contributed by atoms with Crippen LogP contribution in [0, 0.1) is 0 Å². The molecular weight excluding hydrogens is 534 g/mol. The van der Waals surface area contributed by atoms with Crippen molar-refractivity contribution >= 4 is 28.1 Å². The lowest BCUT2D eigenvalue weighted by Gasteiger charge is -2.15. The smallest absolute Gasteiger partial charge is 0.271 e. The monoisotopic (exact) mass is 567 g/mol. The summed E-state index contributed by atoms with van der Waals surface area (Å²) in [6, 6.07) is 15.2. The number of hydrogen-bond donors (Lipinski definition) is 1. The highest BCUT2D eigenvalue weighted by Crippen LogP contribution is 2.36. The molecule has 1 N–H and O–H groups in total. The van der Waals surface area contributed by atoms with Crippen LogP contribution in [0.1, 0.15) is 61.0 Å². The van der Waals surface area contributed by atoms with E-state index in [0.29, 0.717) is 41.4 Å². The summed E-state index contributed by atoms with van der Waals surface area (Å²) in [7, 11) is 0. The van der Waals surface area contributed by atoms with E-state index in [2.05, 4.69) is 50.5 Å². The molecule has 7 nitrogen and oxygen atoms in total. The molecule has 0 aliphatic rings. The van der Waals surface area contributed by atoms with E-state index in [1.54, 1.807) is 30.7 Å². The fourth-order valence-electron chi connectivity index (χ4n) is 3.61. The van der Waals surface area contributed by atoms with Crippen molar-refractivity contribution in [3.63, 3.8) is 0 Å². The number of nitrogens with zero attached hydrogens (tertiary/aromatic N) is 2. The number of carbonyl (C=O) groups excluding carboxylic acids is 1. The van der Waals surface area contributed by atoms with Gasteiger partial charge in [-0.2, -0.15) is 5.10 Å². The van der Waals surface area contributed by atoms with Crippen LogP contribution >= 0.6 is 15.9 Å². The van der Waals surface area contributed by atoms with E-state index in [0.717, 1.165) is 17.7 Å². The number of benzene rings is 2. The number of aromatic nitrogens is 1. The van der Waals surface area contributed by atoms with Crippen LogP contribution in [0.25, 0.3) is 0 Å². The molecule has 3 rings (SSSR count). The first-order valence-electron chi connectivity index (χ1n) is 12.6. The molecule has 1 aromatic heterocycles. The molecule has 2 aromatic carbocycles. The van der Waals surface area contributed by atoms with Crippen molar-refractivity contribution in [1.29, 1.82) is 0 Å². The Kier molecular flexibility index (Phi) is 11.9. The molecule has 3 aromatic rings. The van der Waals surface area contributed by atoms with Gasteiger partial charge in [-0.3, -0.25) is 9.78 Å². The van der Waals surface area contributed by atoms with Gasteiger partial charge in [-0.15, -0.1) is 0 Å². The standard InChI is InChI=1S/C29H34BrN3O4/c1-3-5-6-7-8-22-9-11-25(12-10-22)36-17-18-37-28-26(30)19-23(20-27(28)35-4-2)21-32-33-29(34)24-13-15-31-16-14-24/h9-16,19-21H,3-8,17-18H2,1-2H3,(H,33,34)/b32-21-. The van der Waals surface area contributed by atoms with Crippen LogP contribution in [0.2, 0.25) is 0 Å². The number of hydrogen-bond acceptors (Lipinski definition) is 6. The number of ether oxygens (including phenoxy) is 3. The maximum Gasteiger partial charge on any atom is 0.271 e. The van der Waals surface area contributed by atoms with Crippen LogP contribution in [0.4, 0.5) is 0 Å². The van der Waals surface area contributed by atoms with Gasteiger partial charge in [-0.05, 0) is 83.2 Å². The molecule has 1 heterocycles. The Balaban J connectivity index is 1.51. The number of hydrazone groups is 1. The normalized spacial score (nSPS) is 10.9. The van der Waals surface area contributed by atoms with Gasteiger partial charge in [0.2, 0.25) is 0 Å². The molecule has 1 amide bonds. The van der Waals surface area contributed by atoms with E-state index in [1.807, 2.05) is 31.2 Å². The molecule has 0 aliphatic heterocycles. The highest BCUT2D eigenvalue weighted by atomic mass is 79.9. The van der Waals surface area contributed by atoms with Gasteiger partial charge < -0.3 is 14.2 Å². The number of pyridine rings is 1. The summed E-state index contributed by atoms with van der Waals surface area (Å²) in [4.78, 5) is 16.0. The van der Waals surface area contributed by atoms with Crippen molar-refractivity contribution in [2.24, 2.45) is 5.10 Å². The Hall–Kier alpha value is -3.39. The summed E-state index contributed by atoms with van der Waals surface area (Å²) in [5.74, 6) is 1.67. The molecule has 0 atom stereocenters. The fraction of sp³-hybridized carbons (Fsp3) is 0.345.